The molecule has 8 nitrogen and oxygen atoms in total. The SMILES string of the molecule is COc1ccc(NC(=O)CSc2nnc(-c3cc4ccccc4n3C)o2)c(OC)c1. The van der Waals surface area contributed by atoms with Crippen molar-refractivity contribution < 1.29 is 18.7 Å². The number of nitrogens with zero attached hydrogens (tertiary/aromatic N) is 3. The molecule has 0 fully saturated rings. The fourth-order valence-electron chi connectivity index (χ4n) is 3.08. The quantitative estimate of drug-likeness (QED) is 0.449. The zero-order valence-corrected chi connectivity index (χ0v) is 17.5. The molecule has 0 unspecified atom stereocenters. The molecule has 0 atom stereocenters. The van der Waals surface area contributed by atoms with E-state index in [4.69, 9.17) is 13.9 Å². The van der Waals surface area contributed by atoms with Gasteiger partial charge in [-0.3, -0.25) is 4.79 Å². The Morgan fingerprint density at radius 1 is 1.13 bits per heavy atom. The van der Waals surface area contributed by atoms with Gasteiger partial charge in [0.2, 0.25) is 5.91 Å². The molecule has 2 aromatic carbocycles. The van der Waals surface area contributed by atoms with Crippen molar-refractivity contribution in [1.82, 2.24) is 14.8 Å². The highest BCUT2D eigenvalue weighted by atomic mass is 32.2. The van der Waals surface area contributed by atoms with Crippen LogP contribution in [0.5, 0.6) is 11.5 Å². The maximum atomic E-state index is 12.3. The second kappa shape index (κ2) is 8.50. The molecule has 30 heavy (non-hydrogen) atoms. The van der Waals surface area contributed by atoms with Crippen LogP contribution >= 0.6 is 11.8 Å². The average molecular weight is 424 g/mol. The monoisotopic (exact) mass is 424 g/mol. The molecule has 0 aliphatic carbocycles. The summed E-state index contributed by atoms with van der Waals surface area (Å²) in [6.07, 6.45) is 0. The minimum atomic E-state index is -0.215. The number of carbonyl (C=O) groups excluding carboxylic acids is 1. The third kappa shape index (κ3) is 3.97. The van der Waals surface area contributed by atoms with E-state index in [0.29, 0.717) is 28.3 Å². The maximum absolute atomic E-state index is 12.3. The van der Waals surface area contributed by atoms with Crippen LogP contribution < -0.4 is 14.8 Å². The van der Waals surface area contributed by atoms with Crippen LogP contribution in [-0.2, 0) is 11.8 Å². The Hall–Kier alpha value is -3.46. The largest absolute Gasteiger partial charge is 0.497 e. The smallest absolute Gasteiger partial charge is 0.277 e. The van der Waals surface area contributed by atoms with Crippen LogP contribution in [0.25, 0.3) is 22.5 Å². The fraction of sp³-hybridized carbons (Fsp3) is 0.190. The number of rotatable bonds is 7. The molecule has 4 rings (SSSR count). The van der Waals surface area contributed by atoms with Gasteiger partial charge in [0, 0.05) is 24.0 Å². The number of carbonyl (C=O) groups is 1. The summed E-state index contributed by atoms with van der Waals surface area (Å²) in [5.74, 6) is 1.47. The third-order valence-electron chi connectivity index (χ3n) is 4.59. The molecule has 1 N–H and O–H groups in total. The summed E-state index contributed by atoms with van der Waals surface area (Å²) in [6.45, 7) is 0. The average Bonchev–Trinajstić information content (AvgIpc) is 3.37. The Morgan fingerprint density at radius 2 is 1.97 bits per heavy atom. The predicted molar refractivity (Wildman–Crippen MR) is 115 cm³/mol. The van der Waals surface area contributed by atoms with Crippen LogP contribution in [-0.4, -0.2) is 40.6 Å². The minimum Gasteiger partial charge on any atom is -0.497 e. The molecule has 0 radical (unpaired) electrons. The van der Waals surface area contributed by atoms with Crippen molar-refractivity contribution in [3.8, 4) is 23.1 Å². The summed E-state index contributed by atoms with van der Waals surface area (Å²) in [5.41, 5.74) is 2.46. The van der Waals surface area contributed by atoms with E-state index in [2.05, 4.69) is 15.5 Å². The molecule has 2 heterocycles. The lowest BCUT2D eigenvalue weighted by Crippen LogP contribution is -2.14. The normalized spacial score (nSPS) is 10.9. The molecule has 0 spiro atoms. The highest BCUT2D eigenvalue weighted by Gasteiger charge is 2.16. The molecule has 4 aromatic rings. The summed E-state index contributed by atoms with van der Waals surface area (Å²) in [5, 5.41) is 12.4. The van der Waals surface area contributed by atoms with E-state index in [-0.39, 0.29) is 11.7 Å². The predicted octanol–water partition coefficient (Wildman–Crippen LogP) is 3.98. The molecule has 0 saturated heterocycles. The maximum Gasteiger partial charge on any atom is 0.277 e. The Labute approximate surface area is 177 Å². The van der Waals surface area contributed by atoms with Crippen LogP contribution in [0, 0.1) is 0 Å². The van der Waals surface area contributed by atoms with Gasteiger partial charge in [0.25, 0.3) is 11.1 Å². The molecule has 0 saturated carbocycles. The Balaban J connectivity index is 1.42. The van der Waals surface area contributed by atoms with E-state index in [1.807, 2.05) is 41.9 Å². The van der Waals surface area contributed by atoms with Gasteiger partial charge in [0.05, 0.1) is 25.7 Å². The highest BCUT2D eigenvalue weighted by Crippen LogP contribution is 2.30. The number of nitrogens with one attached hydrogen (secondary N) is 1. The van der Waals surface area contributed by atoms with Gasteiger partial charge >= 0.3 is 0 Å². The molecule has 2 aromatic heterocycles. The highest BCUT2D eigenvalue weighted by molar-refractivity contribution is 7.99. The molecular formula is C21H20N4O4S. The number of para-hydroxylation sites is 1. The lowest BCUT2D eigenvalue weighted by molar-refractivity contribution is -0.113. The second-order valence-electron chi connectivity index (χ2n) is 6.42. The first-order valence-electron chi connectivity index (χ1n) is 9.12. The van der Waals surface area contributed by atoms with Crippen molar-refractivity contribution in [3.63, 3.8) is 0 Å². The number of methoxy groups -OCH3 is 2. The number of aryl methyl sites for hydroxylation is 1. The number of hydrogen-bond acceptors (Lipinski definition) is 7. The van der Waals surface area contributed by atoms with Crippen LogP contribution in [0.3, 0.4) is 0 Å². The number of amides is 1. The summed E-state index contributed by atoms with van der Waals surface area (Å²) < 4.78 is 18.2. The molecule has 0 aliphatic heterocycles. The van der Waals surface area contributed by atoms with E-state index in [1.54, 1.807) is 25.3 Å². The van der Waals surface area contributed by atoms with Gasteiger partial charge in [-0.2, -0.15) is 0 Å². The van der Waals surface area contributed by atoms with Crippen LogP contribution in [0.15, 0.2) is 58.2 Å². The van der Waals surface area contributed by atoms with Crippen molar-refractivity contribution in [2.24, 2.45) is 7.05 Å². The van der Waals surface area contributed by atoms with Crippen LogP contribution in [0.1, 0.15) is 0 Å². The van der Waals surface area contributed by atoms with Crippen LogP contribution in [0.2, 0.25) is 0 Å². The van der Waals surface area contributed by atoms with Crippen molar-refractivity contribution in [2.45, 2.75) is 5.22 Å². The van der Waals surface area contributed by atoms with Crippen molar-refractivity contribution in [3.05, 3.63) is 48.5 Å². The Bertz CT molecular complexity index is 1200. The van der Waals surface area contributed by atoms with Crippen molar-refractivity contribution in [2.75, 3.05) is 25.3 Å². The van der Waals surface area contributed by atoms with E-state index >= 15 is 0 Å². The van der Waals surface area contributed by atoms with Crippen LogP contribution in [0.4, 0.5) is 5.69 Å². The number of thioether (sulfide) groups is 1. The number of aromatic nitrogens is 3. The van der Waals surface area contributed by atoms with E-state index in [9.17, 15) is 4.79 Å². The molecule has 9 heteroatoms. The first kappa shape index (κ1) is 19.8. The Kier molecular flexibility index (Phi) is 5.62. The zero-order chi connectivity index (χ0) is 21.1. The second-order valence-corrected chi connectivity index (χ2v) is 7.35. The van der Waals surface area contributed by atoms with Gasteiger partial charge in [-0.1, -0.05) is 30.0 Å². The third-order valence-corrected chi connectivity index (χ3v) is 5.41. The van der Waals surface area contributed by atoms with Gasteiger partial charge in [-0.05, 0) is 24.3 Å². The lowest BCUT2D eigenvalue weighted by Gasteiger charge is -2.11. The van der Waals surface area contributed by atoms with Gasteiger partial charge < -0.3 is 23.8 Å². The molecular weight excluding hydrogens is 404 g/mol. The van der Waals surface area contributed by atoms with Gasteiger partial charge in [-0.15, -0.1) is 10.2 Å². The molecule has 0 bridgehead atoms. The van der Waals surface area contributed by atoms with Gasteiger partial charge in [0.1, 0.15) is 17.2 Å². The molecule has 1 amide bonds. The van der Waals surface area contributed by atoms with Crippen molar-refractivity contribution in [1.29, 1.82) is 0 Å². The topological polar surface area (TPSA) is 91.4 Å². The number of ether oxygens (including phenoxy) is 2. The Morgan fingerprint density at radius 3 is 2.73 bits per heavy atom. The number of fused-ring (bicyclic) bond motifs is 1. The molecule has 154 valence electrons. The summed E-state index contributed by atoms with van der Waals surface area (Å²) in [6, 6.07) is 15.2. The van der Waals surface area contributed by atoms with Gasteiger partial charge in [-0.25, -0.2) is 0 Å². The lowest BCUT2D eigenvalue weighted by atomic mass is 10.2. The van der Waals surface area contributed by atoms with E-state index in [1.165, 1.54) is 18.9 Å². The van der Waals surface area contributed by atoms with Gasteiger partial charge in [0.15, 0.2) is 0 Å². The number of anilines is 1. The summed E-state index contributed by atoms with van der Waals surface area (Å²) >= 11 is 1.17. The number of benzene rings is 2. The van der Waals surface area contributed by atoms with Crippen molar-refractivity contribution >= 4 is 34.3 Å². The summed E-state index contributed by atoms with van der Waals surface area (Å²) in [4.78, 5) is 12.3. The first-order chi connectivity index (χ1) is 14.6. The zero-order valence-electron chi connectivity index (χ0n) is 16.7. The standard InChI is InChI=1S/C21H20N4O4S/c1-25-16-7-5-4-6-13(16)10-17(25)20-23-24-21(29-20)30-12-19(26)22-15-9-8-14(27-2)11-18(15)28-3/h4-11H,12H2,1-3H3,(H,22,26). The summed E-state index contributed by atoms with van der Waals surface area (Å²) in [7, 11) is 5.05. The molecule has 0 aliphatic rings. The van der Waals surface area contributed by atoms with E-state index < -0.39 is 0 Å². The first-order valence-corrected chi connectivity index (χ1v) is 10.1. The van der Waals surface area contributed by atoms with E-state index in [0.717, 1.165) is 16.6 Å². The number of hydrogen-bond donors (Lipinski definition) is 1. The minimum absolute atomic E-state index is 0.117. The fourth-order valence-corrected chi connectivity index (χ4v) is 3.64.